The summed E-state index contributed by atoms with van der Waals surface area (Å²) in [6.45, 7) is 0.997. The van der Waals surface area contributed by atoms with Gasteiger partial charge >= 0.3 is 0 Å². The number of nitrogens with one attached hydrogen (secondary N) is 3. The molecule has 1 aliphatic rings. The summed E-state index contributed by atoms with van der Waals surface area (Å²) in [6, 6.07) is 14.1. The summed E-state index contributed by atoms with van der Waals surface area (Å²) in [5.41, 5.74) is 6.12. The van der Waals surface area contributed by atoms with E-state index in [0.717, 1.165) is 5.56 Å². The Balaban J connectivity index is 1.62. The summed E-state index contributed by atoms with van der Waals surface area (Å²) < 4.78 is 10.4. The van der Waals surface area contributed by atoms with Gasteiger partial charge in [-0.3, -0.25) is 30.1 Å². The van der Waals surface area contributed by atoms with Crippen molar-refractivity contribution in [1.29, 1.82) is 0 Å². The molecule has 0 saturated carbocycles. The highest BCUT2D eigenvalue weighted by Crippen LogP contribution is 2.27. The van der Waals surface area contributed by atoms with Crippen LogP contribution in [0.2, 0.25) is 0 Å². The first kappa shape index (κ1) is 22.1. The Kier molecular flexibility index (Phi) is 7.45. The van der Waals surface area contributed by atoms with E-state index in [1.165, 1.54) is 20.3 Å². The molecule has 9 nitrogen and oxygen atoms in total. The van der Waals surface area contributed by atoms with E-state index < -0.39 is 5.91 Å². The molecule has 3 rings (SSSR count). The number of hydrogen-bond donors (Lipinski definition) is 3. The fourth-order valence-electron chi connectivity index (χ4n) is 3.46. The monoisotopic (exact) mass is 426 g/mol. The average Bonchev–Trinajstić information content (AvgIpc) is 2.98. The molecule has 0 bridgehead atoms. The maximum atomic E-state index is 12.5. The van der Waals surface area contributed by atoms with E-state index in [1.54, 1.807) is 12.1 Å². The molecule has 0 aliphatic carbocycles. The summed E-state index contributed by atoms with van der Waals surface area (Å²) in [5, 5.41) is 2.84. The molecule has 1 aliphatic heterocycles. The van der Waals surface area contributed by atoms with Crippen LogP contribution in [-0.2, 0) is 9.59 Å². The van der Waals surface area contributed by atoms with E-state index in [-0.39, 0.29) is 30.8 Å². The predicted molar refractivity (Wildman–Crippen MR) is 114 cm³/mol. The average molecular weight is 426 g/mol. The molecule has 3 N–H and O–H groups in total. The lowest BCUT2D eigenvalue weighted by molar-refractivity contribution is -0.125. The van der Waals surface area contributed by atoms with E-state index >= 15 is 0 Å². The summed E-state index contributed by atoms with van der Waals surface area (Å²) >= 11 is 0. The van der Waals surface area contributed by atoms with Gasteiger partial charge in [-0.25, -0.2) is 0 Å². The Bertz CT molecular complexity index is 935. The van der Waals surface area contributed by atoms with Crippen LogP contribution in [0, 0.1) is 0 Å². The molecule has 1 fully saturated rings. The molecule has 0 spiro atoms. The predicted octanol–water partition coefficient (Wildman–Crippen LogP) is 1.03. The van der Waals surface area contributed by atoms with Crippen molar-refractivity contribution in [1.82, 2.24) is 21.1 Å². The van der Waals surface area contributed by atoms with Gasteiger partial charge in [0, 0.05) is 31.1 Å². The van der Waals surface area contributed by atoms with Gasteiger partial charge in [0.25, 0.3) is 11.8 Å². The lowest BCUT2D eigenvalue weighted by atomic mass is 10.0. The topological polar surface area (TPSA) is 109 Å². The molecule has 31 heavy (non-hydrogen) atoms. The molecule has 2 aromatic rings. The first-order valence-electron chi connectivity index (χ1n) is 9.88. The number of carbonyl (C=O) groups excluding carboxylic acids is 3. The number of nitrogens with zero attached hydrogens (tertiary/aromatic N) is 1. The van der Waals surface area contributed by atoms with Gasteiger partial charge in [-0.05, 0) is 23.8 Å². The van der Waals surface area contributed by atoms with Gasteiger partial charge in [0.2, 0.25) is 5.91 Å². The van der Waals surface area contributed by atoms with Crippen molar-refractivity contribution in [2.75, 3.05) is 33.9 Å². The number of rotatable bonds is 6. The molecular weight excluding hydrogens is 400 g/mol. The summed E-state index contributed by atoms with van der Waals surface area (Å²) in [4.78, 5) is 38.9. The normalized spacial score (nSPS) is 16.6. The largest absolute Gasteiger partial charge is 0.493 e. The van der Waals surface area contributed by atoms with Crippen molar-refractivity contribution in [3.05, 3.63) is 59.7 Å². The van der Waals surface area contributed by atoms with E-state index in [1.807, 2.05) is 35.2 Å². The van der Waals surface area contributed by atoms with Crippen LogP contribution in [0.3, 0.4) is 0 Å². The van der Waals surface area contributed by atoms with Crippen LogP contribution in [0.15, 0.2) is 48.5 Å². The molecule has 0 radical (unpaired) electrons. The second-order valence-electron chi connectivity index (χ2n) is 7.02. The lowest BCUT2D eigenvalue weighted by Gasteiger charge is -2.28. The van der Waals surface area contributed by atoms with Crippen LogP contribution in [0.4, 0.5) is 0 Å². The summed E-state index contributed by atoms with van der Waals surface area (Å²) in [7, 11) is 2.98. The number of methoxy groups -OCH3 is 2. The third-order valence-electron chi connectivity index (χ3n) is 5.03. The van der Waals surface area contributed by atoms with Gasteiger partial charge in [-0.2, -0.15) is 0 Å². The smallest absolute Gasteiger partial charge is 0.269 e. The quantitative estimate of drug-likeness (QED) is 0.596. The fourth-order valence-corrected chi connectivity index (χ4v) is 3.46. The van der Waals surface area contributed by atoms with Crippen molar-refractivity contribution in [3.63, 3.8) is 0 Å². The minimum absolute atomic E-state index is 0.0285. The number of amides is 3. The molecule has 164 valence electrons. The Hall–Kier alpha value is -3.59. The van der Waals surface area contributed by atoms with Crippen molar-refractivity contribution in [2.24, 2.45) is 0 Å². The summed E-state index contributed by atoms with van der Waals surface area (Å²) in [5.74, 6) is -0.0162. The molecule has 9 heteroatoms. The van der Waals surface area contributed by atoms with Gasteiger partial charge in [-0.15, -0.1) is 0 Å². The number of benzene rings is 2. The van der Waals surface area contributed by atoms with Crippen molar-refractivity contribution in [2.45, 2.75) is 12.5 Å². The molecule has 1 atom stereocenters. The van der Waals surface area contributed by atoms with Gasteiger partial charge in [0.05, 0.1) is 20.8 Å². The highest BCUT2D eigenvalue weighted by atomic mass is 16.5. The van der Waals surface area contributed by atoms with Crippen molar-refractivity contribution >= 4 is 17.7 Å². The Morgan fingerprint density at radius 3 is 2.52 bits per heavy atom. The number of hydrogen-bond acceptors (Lipinski definition) is 6. The van der Waals surface area contributed by atoms with Gasteiger partial charge in [0.15, 0.2) is 11.5 Å². The van der Waals surface area contributed by atoms with Gasteiger partial charge in [-0.1, -0.05) is 30.3 Å². The molecule has 1 heterocycles. The number of ether oxygens (including phenoxy) is 2. The van der Waals surface area contributed by atoms with Gasteiger partial charge < -0.3 is 14.8 Å². The SMILES string of the molecule is COc1ccc(C(=O)NNC(=O)CN2CCNC(=O)CC2c2ccccc2)cc1OC. The van der Waals surface area contributed by atoms with Crippen molar-refractivity contribution in [3.8, 4) is 11.5 Å². The van der Waals surface area contributed by atoms with Gasteiger partial charge in [0.1, 0.15) is 0 Å². The Labute approximate surface area is 180 Å². The van der Waals surface area contributed by atoms with Crippen LogP contribution in [-0.4, -0.2) is 56.5 Å². The van der Waals surface area contributed by atoms with E-state index in [2.05, 4.69) is 16.2 Å². The second-order valence-corrected chi connectivity index (χ2v) is 7.02. The minimum atomic E-state index is -0.485. The molecule has 3 amide bonds. The zero-order chi connectivity index (χ0) is 22.2. The van der Waals surface area contributed by atoms with Crippen molar-refractivity contribution < 1.29 is 23.9 Å². The third-order valence-corrected chi connectivity index (χ3v) is 5.03. The zero-order valence-corrected chi connectivity index (χ0v) is 17.5. The highest BCUT2D eigenvalue weighted by molar-refractivity contribution is 5.96. The van der Waals surface area contributed by atoms with Crippen LogP contribution in [0.5, 0.6) is 11.5 Å². The minimum Gasteiger partial charge on any atom is -0.493 e. The molecule has 1 saturated heterocycles. The second kappa shape index (κ2) is 10.4. The molecule has 0 aromatic heterocycles. The Morgan fingerprint density at radius 2 is 1.81 bits per heavy atom. The molecule has 1 unspecified atom stereocenters. The van der Waals surface area contributed by atoms with Crippen LogP contribution >= 0.6 is 0 Å². The van der Waals surface area contributed by atoms with Crippen LogP contribution < -0.4 is 25.6 Å². The molecule has 2 aromatic carbocycles. The standard InChI is InChI=1S/C22H26N4O5/c1-30-18-9-8-16(12-19(18)31-2)22(29)25-24-21(28)14-26-11-10-23-20(27)13-17(26)15-6-4-3-5-7-15/h3-9,12,17H,10-11,13-14H2,1-2H3,(H,23,27)(H,24,28)(H,25,29). The van der Waals surface area contributed by atoms with Crippen LogP contribution in [0.25, 0.3) is 0 Å². The molecular formula is C22H26N4O5. The fraction of sp³-hybridized carbons (Fsp3) is 0.318. The first-order chi connectivity index (χ1) is 15.0. The van der Waals surface area contributed by atoms with Crippen LogP contribution in [0.1, 0.15) is 28.4 Å². The maximum absolute atomic E-state index is 12.5. The lowest BCUT2D eigenvalue weighted by Crippen LogP contribution is -2.47. The first-order valence-corrected chi connectivity index (χ1v) is 9.88. The van der Waals surface area contributed by atoms with E-state index in [9.17, 15) is 14.4 Å². The highest BCUT2D eigenvalue weighted by Gasteiger charge is 2.27. The van der Waals surface area contributed by atoms with E-state index in [0.29, 0.717) is 30.2 Å². The Morgan fingerprint density at radius 1 is 1.06 bits per heavy atom. The number of hydrazine groups is 1. The zero-order valence-electron chi connectivity index (χ0n) is 17.5. The van der Waals surface area contributed by atoms with E-state index in [4.69, 9.17) is 9.47 Å². The maximum Gasteiger partial charge on any atom is 0.269 e. The third kappa shape index (κ3) is 5.73. The number of carbonyl (C=O) groups is 3. The summed E-state index contributed by atoms with van der Waals surface area (Å²) in [6.07, 6.45) is 0.259.